The van der Waals surface area contributed by atoms with Gasteiger partial charge in [-0.25, -0.2) is 14.8 Å². The van der Waals surface area contributed by atoms with E-state index in [9.17, 15) is 27.6 Å². The zero-order chi connectivity index (χ0) is 29.2. The van der Waals surface area contributed by atoms with Crippen LogP contribution in [-0.2, 0) is 33.5 Å². The molecule has 0 spiro atoms. The first kappa shape index (κ1) is 29.8. The Balaban J connectivity index is 1.54. The van der Waals surface area contributed by atoms with E-state index in [1.807, 2.05) is 6.92 Å². The van der Waals surface area contributed by atoms with Crippen molar-refractivity contribution in [1.29, 1.82) is 0 Å². The van der Waals surface area contributed by atoms with E-state index < -0.39 is 29.6 Å². The molecule has 2 aromatic heterocycles. The molecule has 4 rings (SSSR count). The fourth-order valence-electron chi connectivity index (χ4n) is 4.91. The van der Waals surface area contributed by atoms with Gasteiger partial charge in [0.1, 0.15) is 5.60 Å². The maximum Gasteiger partial charge on any atom is 0.433 e. The predicted molar refractivity (Wildman–Crippen MR) is 142 cm³/mol. The van der Waals surface area contributed by atoms with Crippen LogP contribution in [0.25, 0.3) is 11.4 Å². The summed E-state index contributed by atoms with van der Waals surface area (Å²) in [4.78, 5) is 49.9. The van der Waals surface area contributed by atoms with Crippen molar-refractivity contribution in [2.24, 2.45) is 5.92 Å². The molecule has 2 aliphatic rings. The number of hydrogen-bond donors (Lipinski definition) is 1. The topological polar surface area (TPSA) is 105 Å². The van der Waals surface area contributed by atoms with Crippen LogP contribution in [0.1, 0.15) is 63.9 Å². The summed E-state index contributed by atoms with van der Waals surface area (Å²) < 4.78 is 47.1. The minimum atomic E-state index is -4.66. The molecule has 1 fully saturated rings. The van der Waals surface area contributed by atoms with E-state index in [1.165, 1.54) is 16.2 Å². The number of piperidine rings is 1. The minimum absolute atomic E-state index is 0.00754. The Labute approximate surface area is 235 Å². The Morgan fingerprint density at radius 3 is 2.62 bits per heavy atom. The van der Waals surface area contributed by atoms with E-state index >= 15 is 0 Å². The van der Waals surface area contributed by atoms with Crippen molar-refractivity contribution in [1.82, 2.24) is 25.1 Å². The summed E-state index contributed by atoms with van der Waals surface area (Å²) in [7, 11) is 0. The number of likely N-dealkylation sites (tertiary alicyclic amines) is 1. The molecule has 9 nitrogen and oxygen atoms in total. The molecule has 0 bridgehead atoms. The lowest BCUT2D eigenvalue weighted by Gasteiger charge is -2.35. The first-order valence-electron chi connectivity index (χ1n) is 13.2. The van der Waals surface area contributed by atoms with Gasteiger partial charge < -0.3 is 19.9 Å². The van der Waals surface area contributed by atoms with Crippen molar-refractivity contribution in [2.45, 2.75) is 77.7 Å². The zero-order valence-corrected chi connectivity index (χ0v) is 23.8. The number of nitrogens with one attached hydrogen (secondary N) is 1. The highest BCUT2D eigenvalue weighted by Crippen LogP contribution is 2.35. The lowest BCUT2D eigenvalue weighted by molar-refractivity contribution is -0.142. The summed E-state index contributed by atoms with van der Waals surface area (Å²) in [5, 5.41) is 6.13. The summed E-state index contributed by atoms with van der Waals surface area (Å²) in [5.74, 6) is -0.169. The van der Waals surface area contributed by atoms with Gasteiger partial charge in [0, 0.05) is 49.0 Å². The van der Waals surface area contributed by atoms with Gasteiger partial charge in [-0.3, -0.25) is 9.59 Å². The lowest BCUT2D eigenvalue weighted by atomic mass is 9.98. The second-order valence-corrected chi connectivity index (χ2v) is 12.2. The Morgan fingerprint density at radius 2 is 1.98 bits per heavy atom. The van der Waals surface area contributed by atoms with E-state index in [0.29, 0.717) is 18.5 Å². The number of amides is 3. The molecular weight excluding hydrogens is 547 g/mol. The van der Waals surface area contributed by atoms with Crippen molar-refractivity contribution >= 4 is 29.2 Å². The average molecular weight is 582 g/mol. The highest BCUT2D eigenvalue weighted by molar-refractivity contribution is 7.08. The Kier molecular flexibility index (Phi) is 8.72. The fourth-order valence-corrected chi connectivity index (χ4v) is 5.55. The molecule has 1 saturated heterocycles. The predicted octanol–water partition coefficient (Wildman–Crippen LogP) is 4.65. The molecule has 0 aromatic carbocycles. The highest BCUT2D eigenvalue weighted by Gasteiger charge is 2.39. The molecule has 2 atom stereocenters. The van der Waals surface area contributed by atoms with Crippen molar-refractivity contribution in [3.05, 3.63) is 33.8 Å². The van der Waals surface area contributed by atoms with Crippen LogP contribution >= 0.6 is 11.3 Å². The van der Waals surface area contributed by atoms with Crippen molar-refractivity contribution < 1.29 is 32.3 Å². The normalized spacial score (nSPS) is 18.8. The van der Waals surface area contributed by atoms with Gasteiger partial charge in [-0.15, -0.1) is 0 Å². The van der Waals surface area contributed by atoms with Crippen molar-refractivity contribution in [3.8, 4) is 11.4 Å². The van der Waals surface area contributed by atoms with Crippen molar-refractivity contribution in [3.63, 3.8) is 0 Å². The monoisotopic (exact) mass is 581 g/mol. The van der Waals surface area contributed by atoms with Gasteiger partial charge in [-0.05, 0) is 51.0 Å². The van der Waals surface area contributed by atoms with Crippen LogP contribution in [0.15, 0.2) is 16.8 Å². The molecule has 4 heterocycles. The molecule has 1 N–H and O–H groups in total. The fraction of sp³-hybridized carbons (Fsp3) is 0.593. The number of ether oxygens (including phenoxy) is 1. The number of hydrogen-bond acceptors (Lipinski definition) is 7. The number of carbonyl (C=O) groups is 3. The Bertz CT molecular complexity index is 1250. The molecule has 13 heteroatoms. The maximum atomic E-state index is 13.9. The van der Waals surface area contributed by atoms with Crippen molar-refractivity contribution in [2.75, 3.05) is 19.6 Å². The number of fused-ring (bicyclic) bond motifs is 1. The standard InChI is InChI=1S/C27H34F3N5O4S/c1-16-5-6-21(36)35(12-16)13-18(31-25(38)39-26(2,3)4)11-22(37)34-9-7-19-20(14-34)32-24(17-8-10-40-15-17)33-23(19)27(28,29)30/h8,10,15-16,18H,5-7,9,11-14H2,1-4H3,(H,31,38)/t16-,18+/m1/s1. The average Bonchev–Trinajstić information content (AvgIpc) is 3.38. The van der Waals surface area contributed by atoms with Gasteiger partial charge in [0.25, 0.3) is 0 Å². The summed E-state index contributed by atoms with van der Waals surface area (Å²) >= 11 is 1.32. The number of alkyl carbamates (subject to hydrolysis) is 1. The van der Waals surface area contributed by atoms with Crippen LogP contribution in [0.4, 0.5) is 18.0 Å². The van der Waals surface area contributed by atoms with Gasteiger partial charge >= 0.3 is 12.3 Å². The molecule has 0 aliphatic carbocycles. The summed E-state index contributed by atoms with van der Waals surface area (Å²) in [6.07, 6.45) is -4.40. The smallest absolute Gasteiger partial charge is 0.433 e. The second-order valence-electron chi connectivity index (χ2n) is 11.4. The summed E-state index contributed by atoms with van der Waals surface area (Å²) in [6, 6.07) is 0.907. The van der Waals surface area contributed by atoms with Crippen LogP contribution in [0.5, 0.6) is 0 Å². The van der Waals surface area contributed by atoms with E-state index in [1.54, 1.807) is 42.5 Å². The van der Waals surface area contributed by atoms with Crippen LogP contribution in [0.2, 0.25) is 0 Å². The highest BCUT2D eigenvalue weighted by atomic mass is 32.1. The maximum absolute atomic E-state index is 13.9. The zero-order valence-electron chi connectivity index (χ0n) is 23.0. The minimum Gasteiger partial charge on any atom is -0.444 e. The number of carbonyl (C=O) groups excluding carboxylic acids is 3. The second kappa shape index (κ2) is 11.7. The number of thiophene rings is 1. The molecule has 0 saturated carbocycles. The Hall–Kier alpha value is -3.22. The molecule has 218 valence electrons. The van der Waals surface area contributed by atoms with Gasteiger partial charge in [0.05, 0.1) is 18.3 Å². The molecule has 2 aliphatic heterocycles. The molecular formula is C27H34F3N5O4S. The quantitative estimate of drug-likeness (QED) is 0.533. The number of aromatic nitrogens is 2. The lowest BCUT2D eigenvalue weighted by Crippen LogP contribution is -2.51. The molecule has 3 amide bonds. The molecule has 0 radical (unpaired) electrons. The first-order valence-corrected chi connectivity index (χ1v) is 14.2. The number of halogens is 3. The number of rotatable bonds is 6. The summed E-state index contributed by atoms with van der Waals surface area (Å²) in [6.45, 7) is 7.76. The van der Waals surface area contributed by atoms with E-state index in [-0.39, 0.29) is 67.3 Å². The van der Waals surface area contributed by atoms with Gasteiger partial charge in [0.2, 0.25) is 11.8 Å². The SMILES string of the molecule is C[C@@H]1CCC(=O)N(C[C@H](CC(=O)N2CCc3c(nc(-c4ccsc4)nc3C(F)(F)F)C2)NC(=O)OC(C)(C)C)C1. The molecule has 40 heavy (non-hydrogen) atoms. The van der Waals surface area contributed by atoms with Crippen LogP contribution in [-0.4, -0.2) is 69.0 Å². The molecule has 0 unspecified atom stereocenters. The van der Waals surface area contributed by atoms with Gasteiger partial charge in [-0.2, -0.15) is 24.5 Å². The third kappa shape index (κ3) is 7.49. The molecule has 2 aromatic rings. The Morgan fingerprint density at radius 1 is 1.23 bits per heavy atom. The van der Waals surface area contributed by atoms with E-state index in [0.717, 1.165) is 6.42 Å². The van der Waals surface area contributed by atoms with Crippen LogP contribution < -0.4 is 5.32 Å². The third-order valence-corrected chi connectivity index (χ3v) is 7.47. The van der Waals surface area contributed by atoms with E-state index in [2.05, 4.69) is 15.3 Å². The largest absolute Gasteiger partial charge is 0.444 e. The number of nitrogens with zero attached hydrogens (tertiary/aromatic N) is 4. The van der Waals surface area contributed by atoms with Crippen LogP contribution in [0, 0.1) is 5.92 Å². The summed E-state index contributed by atoms with van der Waals surface area (Å²) in [5.41, 5.74) is -1.12. The van der Waals surface area contributed by atoms with Gasteiger partial charge in [-0.1, -0.05) is 6.92 Å². The first-order chi connectivity index (χ1) is 18.7. The third-order valence-electron chi connectivity index (χ3n) is 6.78. The van der Waals surface area contributed by atoms with Crippen LogP contribution in [0.3, 0.4) is 0 Å². The van der Waals surface area contributed by atoms with Gasteiger partial charge in [0.15, 0.2) is 11.5 Å². The number of alkyl halides is 3. The van der Waals surface area contributed by atoms with E-state index in [4.69, 9.17) is 4.74 Å².